The average Bonchev–Trinajstić information content (AvgIpc) is 3.47. The van der Waals surface area contributed by atoms with Crippen molar-refractivity contribution in [2.24, 2.45) is 0 Å². The second kappa shape index (κ2) is 61.2. The van der Waals surface area contributed by atoms with Crippen molar-refractivity contribution in [2.45, 2.75) is 391 Å². The number of hydrogen-bond donors (Lipinski definition) is 6. The van der Waals surface area contributed by atoms with Gasteiger partial charge >= 0.3 is 0 Å². The summed E-state index contributed by atoms with van der Waals surface area (Å²) in [6, 6.07) is -0.829. The van der Waals surface area contributed by atoms with E-state index in [0.29, 0.717) is 6.42 Å². The highest BCUT2D eigenvalue weighted by Gasteiger charge is 2.44. The van der Waals surface area contributed by atoms with E-state index in [1.807, 2.05) is 6.08 Å². The van der Waals surface area contributed by atoms with Gasteiger partial charge in [0, 0.05) is 6.42 Å². The molecule has 1 amide bonds. The van der Waals surface area contributed by atoms with Crippen LogP contribution < -0.4 is 5.32 Å². The van der Waals surface area contributed by atoms with Crippen molar-refractivity contribution in [1.29, 1.82) is 0 Å². The number of hydrogen-bond acceptors (Lipinski definition) is 8. The highest BCUT2D eigenvalue weighted by atomic mass is 16.7. The van der Waals surface area contributed by atoms with Gasteiger partial charge < -0.3 is 40.3 Å². The molecule has 7 unspecified atom stereocenters. The SMILES string of the molecule is CCCCCCCCCC/C=C\CCCCCCCCCCCCCCCCCCCCCC(=O)NC(COC1OC(CO)C(O)C(O)C1O)C(O)/C=C/CC/C=C/CC/C=C/CCCCCCCCCCCCCCCCCCC. The number of nitrogens with one attached hydrogen (secondary N) is 1. The Balaban J connectivity index is 2.15. The van der Waals surface area contributed by atoms with E-state index in [1.54, 1.807) is 6.08 Å². The monoisotopic (exact) mass is 1140 g/mol. The molecule has 0 saturated carbocycles. The molecule has 0 spiro atoms. The fourth-order valence-corrected chi connectivity index (χ4v) is 11.3. The number of ether oxygens (including phenoxy) is 2. The summed E-state index contributed by atoms with van der Waals surface area (Å²) in [5, 5.41) is 54.7. The molecule has 476 valence electrons. The van der Waals surface area contributed by atoms with Gasteiger partial charge in [-0.1, -0.05) is 319 Å². The lowest BCUT2D eigenvalue weighted by molar-refractivity contribution is -0.302. The Kier molecular flexibility index (Phi) is 58.3. The second-order valence-corrected chi connectivity index (χ2v) is 24.7. The van der Waals surface area contributed by atoms with Gasteiger partial charge in [0.1, 0.15) is 24.4 Å². The number of rotatable bonds is 62. The van der Waals surface area contributed by atoms with Crippen LogP contribution in [0.3, 0.4) is 0 Å². The van der Waals surface area contributed by atoms with E-state index in [4.69, 9.17) is 9.47 Å². The summed E-state index contributed by atoms with van der Waals surface area (Å²) in [5.74, 6) is -0.185. The highest BCUT2D eigenvalue weighted by molar-refractivity contribution is 5.76. The molecule has 1 aliphatic rings. The van der Waals surface area contributed by atoms with E-state index < -0.39 is 49.5 Å². The molecule has 9 nitrogen and oxygen atoms in total. The zero-order valence-electron chi connectivity index (χ0n) is 53.3. The number of carbonyl (C=O) groups is 1. The first-order valence-electron chi connectivity index (χ1n) is 35.4. The summed E-state index contributed by atoms with van der Waals surface area (Å²) in [6.45, 7) is 3.81. The first-order chi connectivity index (χ1) is 39.8. The molecule has 1 rings (SSSR count). The van der Waals surface area contributed by atoms with E-state index in [0.717, 1.165) is 44.9 Å². The Morgan fingerprint density at radius 3 is 1.04 bits per heavy atom. The number of allylic oxidation sites excluding steroid dienone is 7. The number of unbranched alkanes of at least 4 members (excludes halogenated alkanes) is 46. The minimum Gasteiger partial charge on any atom is -0.394 e. The van der Waals surface area contributed by atoms with E-state index in [9.17, 15) is 30.3 Å². The van der Waals surface area contributed by atoms with Gasteiger partial charge in [0.25, 0.3) is 0 Å². The number of aliphatic hydroxyl groups excluding tert-OH is 5. The van der Waals surface area contributed by atoms with Crippen molar-refractivity contribution in [3.05, 3.63) is 48.6 Å². The van der Waals surface area contributed by atoms with Crippen molar-refractivity contribution in [1.82, 2.24) is 5.32 Å². The van der Waals surface area contributed by atoms with Crippen molar-refractivity contribution in [2.75, 3.05) is 13.2 Å². The maximum Gasteiger partial charge on any atom is 0.220 e. The second-order valence-electron chi connectivity index (χ2n) is 24.7. The van der Waals surface area contributed by atoms with Crippen LogP contribution in [0.4, 0.5) is 0 Å². The lowest BCUT2D eigenvalue weighted by Crippen LogP contribution is -2.60. The van der Waals surface area contributed by atoms with Gasteiger partial charge in [0.15, 0.2) is 6.29 Å². The molecular formula is C72H135NO8. The Labute approximate surface area is 501 Å². The molecule has 1 heterocycles. The minimum atomic E-state index is -1.58. The third-order valence-electron chi connectivity index (χ3n) is 16.9. The van der Waals surface area contributed by atoms with E-state index in [2.05, 4.69) is 55.6 Å². The standard InChI is InChI=1S/C72H135NO8/c1-3-5-7-9-11-13-15-17-19-21-23-25-27-29-31-32-33-34-36-38-40-42-44-46-48-50-52-54-56-58-60-62-68(76)73-65(64-80-72-71(79)70(78)69(77)67(63-74)81-72)66(75)61-59-57-55-53-51-49-47-45-43-41-39-37-35-30-28-26-24-22-20-18-16-14-12-10-8-6-4-2/h21,23,43,45,51,53,59,61,65-67,69-72,74-75,77-79H,3-20,22,24-42,44,46-50,52,54-58,60,62-64H2,1-2H3,(H,73,76)/b23-21-,45-43+,53-51+,61-59+. The lowest BCUT2D eigenvalue weighted by atomic mass is 9.99. The maximum absolute atomic E-state index is 13.1. The normalized spacial score (nSPS) is 18.6. The molecule has 0 bridgehead atoms. The van der Waals surface area contributed by atoms with Crippen LogP contribution in [0.15, 0.2) is 48.6 Å². The van der Waals surface area contributed by atoms with Gasteiger partial charge in [0.05, 0.1) is 25.4 Å². The van der Waals surface area contributed by atoms with Crippen molar-refractivity contribution in [3.63, 3.8) is 0 Å². The molecule has 0 aromatic carbocycles. The first-order valence-corrected chi connectivity index (χ1v) is 35.4. The van der Waals surface area contributed by atoms with Gasteiger partial charge in [0.2, 0.25) is 5.91 Å². The quantitative estimate of drug-likeness (QED) is 0.0261. The summed E-state index contributed by atoms with van der Waals surface area (Å²) < 4.78 is 11.3. The van der Waals surface area contributed by atoms with E-state index in [1.165, 1.54) is 283 Å². The zero-order chi connectivity index (χ0) is 58.6. The lowest BCUT2D eigenvalue weighted by Gasteiger charge is -2.40. The van der Waals surface area contributed by atoms with E-state index >= 15 is 0 Å². The summed E-state index contributed by atoms with van der Waals surface area (Å²) in [4.78, 5) is 13.1. The summed E-state index contributed by atoms with van der Waals surface area (Å²) in [5.41, 5.74) is 0. The summed E-state index contributed by atoms with van der Waals surface area (Å²) >= 11 is 0. The van der Waals surface area contributed by atoms with Crippen molar-refractivity contribution >= 4 is 5.91 Å². The molecule has 0 radical (unpaired) electrons. The third kappa shape index (κ3) is 50.1. The molecule has 1 saturated heterocycles. The predicted octanol–water partition coefficient (Wildman–Crippen LogP) is 19.2. The van der Waals surface area contributed by atoms with Crippen LogP contribution in [0.5, 0.6) is 0 Å². The molecule has 0 aromatic heterocycles. The van der Waals surface area contributed by atoms with Gasteiger partial charge in [-0.25, -0.2) is 0 Å². The van der Waals surface area contributed by atoms with Crippen LogP contribution in [0.25, 0.3) is 0 Å². The van der Waals surface area contributed by atoms with Crippen LogP contribution in [-0.4, -0.2) is 87.5 Å². The fourth-order valence-electron chi connectivity index (χ4n) is 11.3. The van der Waals surface area contributed by atoms with Gasteiger partial charge in [-0.3, -0.25) is 4.79 Å². The van der Waals surface area contributed by atoms with Gasteiger partial charge in [-0.2, -0.15) is 0 Å². The van der Waals surface area contributed by atoms with Crippen LogP contribution in [0, 0.1) is 0 Å². The van der Waals surface area contributed by atoms with Crippen LogP contribution in [0.1, 0.15) is 348 Å². The smallest absolute Gasteiger partial charge is 0.220 e. The molecule has 9 heteroatoms. The average molecular weight is 1140 g/mol. The Bertz CT molecular complexity index is 1420. The van der Waals surface area contributed by atoms with Crippen LogP contribution >= 0.6 is 0 Å². The van der Waals surface area contributed by atoms with Gasteiger partial charge in [-0.15, -0.1) is 0 Å². The molecule has 6 N–H and O–H groups in total. The Hall–Kier alpha value is -1.85. The zero-order valence-corrected chi connectivity index (χ0v) is 53.3. The third-order valence-corrected chi connectivity index (χ3v) is 16.9. The van der Waals surface area contributed by atoms with E-state index in [-0.39, 0.29) is 12.5 Å². The van der Waals surface area contributed by atoms with Crippen LogP contribution in [0.2, 0.25) is 0 Å². The highest BCUT2D eigenvalue weighted by Crippen LogP contribution is 2.23. The predicted molar refractivity (Wildman–Crippen MR) is 346 cm³/mol. The number of amides is 1. The Morgan fingerprint density at radius 2 is 0.704 bits per heavy atom. The molecule has 81 heavy (non-hydrogen) atoms. The van der Waals surface area contributed by atoms with Crippen molar-refractivity contribution < 1.29 is 39.8 Å². The molecule has 0 aliphatic carbocycles. The molecular weight excluding hydrogens is 1010 g/mol. The van der Waals surface area contributed by atoms with Crippen molar-refractivity contribution in [3.8, 4) is 0 Å². The number of carbonyl (C=O) groups excluding carboxylic acids is 1. The molecule has 7 atom stereocenters. The number of aliphatic hydroxyl groups is 5. The topological polar surface area (TPSA) is 149 Å². The minimum absolute atomic E-state index is 0.185. The largest absolute Gasteiger partial charge is 0.394 e. The van der Waals surface area contributed by atoms with Gasteiger partial charge in [-0.05, 0) is 70.6 Å². The maximum atomic E-state index is 13.1. The summed E-state index contributed by atoms with van der Waals surface area (Å²) in [7, 11) is 0. The first kappa shape index (κ1) is 77.2. The van der Waals surface area contributed by atoms with Crippen LogP contribution in [-0.2, 0) is 14.3 Å². The molecule has 1 aliphatic heterocycles. The molecule has 1 fully saturated rings. The Morgan fingerprint density at radius 1 is 0.407 bits per heavy atom. The summed E-state index contributed by atoms with van der Waals surface area (Å²) in [6.07, 6.45) is 76.6. The fraction of sp³-hybridized carbons (Fsp3) is 0.875. The molecule has 0 aromatic rings.